The van der Waals surface area contributed by atoms with Gasteiger partial charge in [0.25, 0.3) is 0 Å². The Kier molecular flexibility index (Phi) is 7.52. The Morgan fingerprint density at radius 2 is 1.70 bits per heavy atom. The zero-order valence-corrected chi connectivity index (χ0v) is 16.2. The van der Waals surface area contributed by atoms with E-state index < -0.39 is 11.8 Å². The summed E-state index contributed by atoms with van der Waals surface area (Å²) in [5.74, 6) is 0.354. The number of rotatable bonds is 7. The van der Waals surface area contributed by atoms with Crippen LogP contribution in [0.3, 0.4) is 0 Å². The largest absolute Gasteiger partial charge is 0.497 e. The molecule has 0 aliphatic heterocycles. The third-order valence-electron chi connectivity index (χ3n) is 3.43. The molecule has 2 rings (SSSR count). The number of anilines is 1. The van der Waals surface area contributed by atoms with Crippen LogP contribution < -0.4 is 20.1 Å². The van der Waals surface area contributed by atoms with Gasteiger partial charge in [-0.25, -0.2) is 0 Å². The van der Waals surface area contributed by atoms with Crippen LogP contribution >= 0.6 is 23.2 Å². The van der Waals surface area contributed by atoms with E-state index >= 15 is 0 Å². The van der Waals surface area contributed by atoms with Gasteiger partial charge >= 0.3 is 0 Å². The van der Waals surface area contributed by atoms with Crippen molar-refractivity contribution in [3.8, 4) is 11.5 Å². The van der Waals surface area contributed by atoms with Gasteiger partial charge in [0.05, 0.1) is 31.5 Å². The molecule has 2 amide bonds. The van der Waals surface area contributed by atoms with E-state index in [-0.39, 0.29) is 6.54 Å². The van der Waals surface area contributed by atoms with E-state index in [0.29, 0.717) is 27.2 Å². The first-order chi connectivity index (χ1) is 12.9. The second-order valence-corrected chi connectivity index (χ2v) is 6.21. The Labute approximate surface area is 167 Å². The molecule has 0 aliphatic carbocycles. The summed E-state index contributed by atoms with van der Waals surface area (Å²) in [6.07, 6.45) is 2.90. The molecular formula is C19H18Cl2N2O4. The smallest absolute Gasteiger partial charge is 0.244 e. The van der Waals surface area contributed by atoms with E-state index in [1.807, 2.05) is 0 Å². The van der Waals surface area contributed by atoms with Crippen molar-refractivity contribution in [1.82, 2.24) is 5.32 Å². The van der Waals surface area contributed by atoms with E-state index in [1.54, 1.807) is 50.6 Å². The molecule has 0 atom stereocenters. The van der Waals surface area contributed by atoms with Gasteiger partial charge < -0.3 is 20.1 Å². The predicted molar refractivity (Wildman–Crippen MR) is 107 cm³/mol. The molecule has 0 fully saturated rings. The average Bonchev–Trinajstić information content (AvgIpc) is 2.67. The highest BCUT2D eigenvalue weighted by molar-refractivity contribution is 6.35. The minimum atomic E-state index is -0.427. The maximum Gasteiger partial charge on any atom is 0.244 e. The molecule has 0 spiro atoms. The second kappa shape index (κ2) is 9.85. The molecule has 0 bridgehead atoms. The molecular weight excluding hydrogens is 391 g/mol. The summed E-state index contributed by atoms with van der Waals surface area (Å²) < 4.78 is 10.3. The predicted octanol–water partition coefficient (Wildman–Crippen LogP) is 3.78. The number of hydrogen-bond acceptors (Lipinski definition) is 4. The number of ether oxygens (including phenoxy) is 2. The highest BCUT2D eigenvalue weighted by atomic mass is 35.5. The van der Waals surface area contributed by atoms with Crippen molar-refractivity contribution in [3.05, 3.63) is 58.1 Å². The van der Waals surface area contributed by atoms with Crippen LogP contribution in [0.25, 0.3) is 6.08 Å². The zero-order chi connectivity index (χ0) is 19.8. The van der Waals surface area contributed by atoms with Crippen molar-refractivity contribution in [2.45, 2.75) is 0 Å². The molecule has 2 aromatic rings. The van der Waals surface area contributed by atoms with Crippen molar-refractivity contribution >= 4 is 46.8 Å². The Bertz CT molecular complexity index is 847. The molecule has 0 aliphatic rings. The first-order valence-electron chi connectivity index (χ1n) is 7.85. The number of amides is 2. The summed E-state index contributed by atoms with van der Waals surface area (Å²) in [5.41, 5.74) is 1.10. The van der Waals surface area contributed by atoms with Crippen molar-refractivity contribution < 1.29 is 19.1 Å². The van der Waals surface area contributed by atoms with Crippen LogP contribution in [0, 0.1) is 0 Å². The van der Waals surface area contributed by atoms with Gasteiger partial charge in [0.2, 0.25) is 11.8 Å². The summed E-state index contributed by atoms with van der Waals surface area (Å²) in [7, 11) is 3.08. The van der Waals surface area contributed by atoms with Gasteiger partial charge in [0.1, 0.15) is 11.5 Å². The maximum atomic E-state index is 11.9. The third kappa shape index (κ3) is 6.51. The Morgan fingerprint density at radius 1 is 1.04 bits per heavy atom. The van der Waals surface area contributed by atoms with Gasteiger partial charge in [-0.3, -0.25) is 9.59 Å². The SMILES string of the molecule is COc1cc(/C=C/C(=O)NCC(=O)Nc2cc(Cl)ccc2Cl)cc(OC)c1. The number of carbonyl (C=O) groups is 2. The number of carbonyl (C=O) groups excluding carboxylic acids is 2. The van der Waals surface area contributed by atoms with Crippen LogP contribution in [0.5, 0.6) is 11.5 Å². The summed E-state index contributed by atoms with van der Waals surface area (Å²) >= 11 is 11.8. The fourth-order valence-corrected chi connectivity index (χ4v) is 2.45. The summed E-state index contributed by atoms with van der Waals surface area (Å²) in [5, 5.41) is 5.86. The van der Waals surface area contributed by atoms with Crippen LogP contribution in [-0.2, 0) is 9.59 Å². The summed E-state index contributed by atoms with van der Waals surface area (Å²) in [6.45, 7) is -0.215. The van der Waals surface area contributed by atoms with E-state index in [9.17, 15) is 9.59 Å². The van der Waals surface area contributed by atoms with Gasteiger partial charge in [-0.2, -0.15) is 0 Å². The molecule has 8 heteroatoms. The van der Waals surface area contributed by atoms with Crippen LogP contribution in [0.4, 0.5) is 5.69 Å². The topological polar surface area (TPSA) is 76.7 Å². The molecule has 0 saturated heterocycles. The Hall–Kier alpha value is -2.70. The standard InChI is InChI=1S/C19H18Cl2N2O4/c1-26-14-7-12(8-15(10-14)27-2)3-6-18(24)22-11-19(25)23-17-9-13(20)4-5-16(17)21/h3-10H,11H2,1-2H3,(H,22,24)(H,23,25)/b6-3+. The fraction of sp³-hybridized carbons (Fsp3) is 0.158. The monoisotopic (exact) mass is 408 g/mol. The molecule has 6 nitrogen and oxygen atoms in total. The van der Waals surface area contributed by atoms with E-state index in [0.717, 1.165) is 5.56 Å². The van der Waals surface area contributed by atoms with Gasteiger partial charge in [0.15, 0.2) is 0 Å². The molecule has 0 heterocycles. The molecule has 142 valence electrons. The number of methoxy groups -OCH3 is 2. The van der Waals surface area contributed by atoms with Crippen LogP contribution in [0.15, 0.2) is 42.5 Å². The quantitative estimate of drug-likeness (QED) is 0.683. The minimum Gasteiger partial charge on any atom is -0.497 e. The van der Waals surface area contributed by atoms with Gasteiger partial charge in [0, 0.05) is 17.2 Å². The molecule has 27 heavy (non-hydrogen) atoms. The first kappa shape index (κ1) is 20.6. The van der Waals surface area contributed by atoms with Crippen molar-refractivity contribution in [2.24, 2.45) is 0 Å². The molecule has 2 N–H and O–H groups in total. The fourth-order valence-electron chi connectivity index (χ4n) is 2.11. The minimum absolute atomic E-state index is 0.215. The first-order valence-corrected chi connectivity index (χ1v) is 8.60. The number of nitrogens with one attached hydrogen (secondary N) is 2. The molecule has 0 aromatic heterocycles. The molecule has 2 aromatic carbocycles. The average molecular weight is 409 g/mol. The third-order valence-corrected chi connectivity index (χ3v) is 3.99. The lowest BCUT2D eigenvalue weighted by atomic mass is 10.2. The number of halogens is 2. The van der Waals surface area contributed by atoms with Gasteiger partial charge in [-0.1, -0.05) is 23.2 Å². The van der Waals surface area contributed by atoms with E-state index in [4.69, 9.17) is 32.7 Å². The lowest BCUT2D eigenvalue weighted by molar-refractivity contribution is -0.121. The Morgan fingerprint density at radius 3 is 2.33 bits per heavy atom. The normalized spacial score (nSPS) is 10.5. The van der Waals surface area contributed by atoms with E-state index in [1.165, 1.54) is 12.1 Å². The molecule has 0 saturated carbocycles. The van der Waals surface area contributed by atoms with Crippen LogP contribution in [0.1, 0.15) is 5.56 Å². The van der Waals surface area contributed by atoms with Gasteiger partial charge in [-0.15, -0.1) is 0 Å². The zero-order valence-electron chi connectivity index (χ0n) is 14.7. The molecule has 0 radical (unpaired) electrons. The number of hydrogen-bond donors (Lipinski definition) is 2. The Balaban J connectivity index is 1.91. The van der Waals surface area contributed by atoms with Crippen molar-refractivity contribution in [1.29, 1.82) is 0 Å². The summed E-state index contributed by atoms with van der Waals surface area (Å²) in [6, 6.07) is 9.94. The molecule has 0 unspecified atom stereocenters. The highest BCUT2D eigenvalue weighted by Gasteiger charge is 2.08. The summed E-state index contributed by atoms with van der Waals surface area (Å²) in [4.78, 5) is 23.9. The second-order valence-electron chi connectivity index (χ2n) is 5.37. The van der Waals surface area contributed by atoms with Crippen molar-refractivity contribution in [3.63, 3.8) is 0 Å². The van der Waals surface area contributed by atoms with Crippen molar-refractivity contribution in [2.75, 3.05) is 26.1 Å². The van der Waals surface area contributed by atoms with E-state index in [2.05, 4.69) is 10.6 Å². The lowest BCUT2D eigenvalue weighted by Gasteiger charge is -2.08. The van der Waals surface area contributed by atoms with Gasteiger partial charge in [-0.05, 0) is 42.0 Å². The van der Waals surface area contributed by atoms with Crippen LogP contribution in [0.2, 0.25) is 10.0 Å². The van der Waals surface area contributed by atoms with Crippen LogP contribution in [-0.4, -0.2) is 32.6 Å². The highest BCUT2D eigenvalue weighted by Crippen LogP contribution is 2.25. The number of benzene rings is 2. The maximum absolute atomic E-state index is 11.9. The lowest BCUT2D eigenvalue weighted by Crippen LogP contribution is -2.31.